The molecule has 0 spiro atoms. The SMILES string of the molecule is CCCC=CC(=O)N1C(=O)OC[C@H]1c1ccccc1. The number of cyclic esters (lactones) is 1. The molecule has 0 aliphatic carbocycles. The van der Waals surface area contributed by atoms with Gasteiger partial charge in [0, 0.05) is 0 Å². The van der Waals surface area contributed by atoms with Crippen LogP contribution in [0.25, 0.3) is 0 Å². The average molecular weight is 259 g/mol. The summed E-state index contributed by atoms with van der Waals surface area (Å²) in [5, 5.41) is 0. The van der Waals surface area contributed by atoms with Crippen LogP contribution in [0, 0.1) is 0 Å². The van der Waals surface area contributed by atoms with Crippen molar-refractivity contribution in [3.63, 3.8) is 0 Å². The van der Waals surface area contributed by atoms with Gasteiger partial charge in [-0.05, 0) is 18.1 Å². The van der Waals surface area contributed by atoms with E-state index in [4.69, 9.17) is 4.74 Å². The molecule has 1 saturated heterocycles. The molecule has 2 amide bonds. The zero-order valence-electron chi connectivity index (χ0n) is 10.9. The third-order valence-corrected chi connectivity index (χ3v) is 3.01. The van der Waals surface area contributed by atoms with Crippen LogP contribution < -0.4 is 0 Å². The minimum absolute atomic E-state index is 0.218. The van der Waals surface area contributed by atoms with E-state index in [2.05, 4.69) is 0 Å². The Morgan fingerprint density at radius 3 is 2.84 bits per heavy atom. The lowest BCUT2D eigenvalue weighted by molar-refractivity contribution is -0.124. The predicted octanol–water partition coefficient (Wildman–Crippen LogP) is 3.06. The fraction of sp³-hybridized carbons (Fsp3) is 0.333. The molecule has 0 saturated carbocycles. The smallest absolute Gasteiger partial charge is 0.417 e. The van der Waals surface area contributed by atoms with E-state index < -0.39 is 6.09 Å². The van der Waals surface area contributed by atoms with E-state index in [1.807, 2.05) is 37.3 Å². The topological polar surface area (TPSA) is 46.6 Å². The molecule has 0 radical (unpaired) electrons. The van der Waals surface area contributed by atoms with Gasteiger partial charge in [0.05, 0.1) is 0 Å². The van der Waals surface area contributed by atoms with Crippen molar-refractivity contribution in [1.82, 2.24) is 4.90 Å². The van der Waals surface area contributed by atoms with Crippen LogP contribution in [0.3, 0.4) is 0 Å². The van der Waals surface area contributed by atoms with Gasteiger partial charge in [0.2, 0.25) is 0 Å². The Kier molecular flexibility index (Phi) is 4.34. The first-order valence-electron chi connectivity index (χ1n) is 6.45. The van der Waals surface area contributed by atoms with Crippen molar-refractivity contribution >= 4 is 12.0 Å². The van der Waals surface area contributed by atoms with Crippen LogP contribution in [0.15, 0.2) is 42.5 Å². The highest BCUT2D eigenvalue weighted by Gasteiger charge is 2.37. The third kappa shape index (κ3) is 3.02. The molecule has 1 atom stereocenters. The van der Waals surface area contributed by atoms with E-state index in [0.717, 1.165) is 18.4 Å². The van der Waals surface area contributed by atoms with Gasteiger partial charge in [-0.15, -0.1) is 0 Å². The van der Waals surface area contributed by atoms with Gasteiger partial charge in [0.1, 0.15) is 12.6 Å². The molecule has 4 heteroatoms. The number of rotatable bonds is 4. The molecule has 19 heavy (non-hydrogen) atoms. The number of carbonyl (C=O) groups excluding carboxylic acids is 2. The van der Waals surface area contributed by atoms with Crippen LogP contribution in [0.4, 0.5) is 4.79 Å². The molecular weight excluding hydrogens is 242 g/mol. The summed E-state index contributed by atoms with van der Waals surface area (Å²) < 4.78 is 4.99. The van der Waals surface area contributed by atoms with Crippen LogP contribution in [0.2, 0.25) is 0 Å². The van der Waals surface area contributed by atoms with E-state index in [0.29, 0.717) is 0 Å². The second-order valence-corrected chi connectivity index (χ2v) is 4.40. The molecule has 0 bridgehead atoms. The number of imide groups is 1. The van der Waals surface area contributed by atoms with E-state index in [1.54, 1.807) is 6.08 Å². The van der Waals surface area contributed by atoms with Crippen molar-refractivity contribution in [3.05, 3.63) is 48.0 Å². The molecular formula is C15H17NO3. The van der Waals surface area contributed by atoms with Crippen molar-refractivity contribution in [3.8, 4) is 0 Å². The van der Waals surface area contributed by atoms with E-state index in [-0.39, 0.29) is 18.6 Å². The van der Waals surface area contributed by atoms with Crippen molar-refractivity contribution in [1.29, 1.82) is 0 Å². The van der Waals surface area contributed by atoms with Gasteiger partial charge in [-0.3, -0.25) is 4.79 Å². The molecule has 1 aliphatic heterocycles. The highest BCUT2D eigenvalue weighted by molar-refractivity contribution is 5.99. The van der Waals surface area contributed by atoms with Gasteiger partial charge in [-0.2, -0.15) is 0 Å². The summed E-state index contributed by atoms with van der Waals surface area (Å²) in [7, 11) is 0. The van der Waals surface area contributed by atoms with Crippen molar-refractivity contribution in [2.75, 3.05) is 6.61 Å². The van der Waals surface area contributed by atoms with Crippen LogP contribution in [0.5, 0.6) is 0 Å². The van der Waals surface area contributed by atoms with Gasteiger partial charge in [0.15, 0.2) is 0 Å². The summed E-state index contributed by atoms with van der Waals surface area (Å²) >= 11 is 0. The van der Waals surface area contributed by atoms with Gasteiger partial charge < -0.3 is 4.74 Å². The number of unbranched alkanes of at least 4 members (excludes halogenated alkanes) is 1. The monoisotopic (exact) mass is 259 g/mol. The number of nitrogens with zero attached hydrogens (tertiary/aromatic N) is 1. The van der Waals surface area contributed by atoms with Gasteiger partial charge >= 0.3 is 6.09 Å². The first-order valence-corrected chi connectivity index (χ1v) is 6.45. The van der Waals surface area contributed by atoms with Gasteiger partial charge in [-0.25, -0.2) is 9.69 Å². The molecule has 1 aromatic carbocycles. The summed E-state index contributed by atoms with van der Waals surface area (Å²) in [5.74, 6) is -0.315. The molecule has 1 aromatic rings. The third-order valence-electron chi connectivity index (χ3n) is 3.01. The number of carbonyl (C=O) groups is 2. The summed E-state index contributed by atoms with van der Waals surface area (Å²) in [6.07, 6.45) is 4.46. The maximum absolute atomic E-state index is 12.1. The molecule has 1 aliphatic rings. The quantitative estimate of drug-likeness (QED) is 0.781. The Balaban J connectivity index is 2.16. The van der Waals surface area contributed by atoms with Crippen molar-refractivity contribution in [2.45, 2.75) is 25.8 Å². The predicted molar refractivity (Wildman–Crippen MR) is 71.4 cm³/mol. The Bertz CT molecular complexity index is 481. The molecule has 1 heterocycles. The summed E-state index contributed by atoms with van der Waals surface area (Å²) in [6, 6.07) is 9.12. The number of benzene rings is 1. The first-order chi connectivity index (χ1) is 9.24. The first kappa shape index (κ1) is 13.3. The Hall–Kier alpha value is -2.10. The van der Waals surface area contributed by atoms with Gasteiger partial charge in [0.25, 0.3) is 5.91 Å². The fourth-order valence-corrected chi connectivity index (χ4v) is 2.02. The highest BCUT2D eigenvalue weighted by Crippen LogP contribution is 2.27. The lowest BCUT2D eigenvalue weighted by Gasteiger charge is -2.18. The summed E-state index contributed by atoms with van der Waals surface area (Å²) in [6.45, 7) is 2.25. The summed E-state index contributed by atoms with van der Waals surface area (Å²) in [4.78, 5) is 24.9. The second-order valence-electron chi connectivity index (χ2n) is 4.40. The van der Waals surface area contributed by atoms with Crippen LogP contribution in [0.1, 0.15) is 31.4 Å². The van der Waals surface area contributed by atoms with Crippen LogP contribution in [-0.2, 0) is 9.53 Å². The number of allylic oxidation sites excluding steroid dienone is 1. The molecule has 1 fully saturated rings. The Labute approximate surface area is 112 Å². The minimum Gasteiger partial charge on any atom is -0.446 e. The standard InChI is InChI=1S/C15H17NO3/c1-2-3-5-10-14(17)16-13(11-19-15(16)18)12-8-6-4-7-9-12/h4-10,13H,2-3,11H2,1H3/t13-/m0/s1. The Morgan fingerprint density at radius 1 is 1.42 bits per heavy atom. The van der Waals surface area contributed by atoms with E-state index in [1.165, 1.54) is 11.0 Å². The number of ether oxygens (including phenoxy) is 1. The number of hydrogen-bond acceptors (Lipinski definition) is 3. The molecule has 4 nitrogen and oxygen atoms in total. The lowest BCUT2D eigenvalue weighted by Crippen LogP contribution is -2.32. The van der Waals surface area contributed by atoms with Crippen LogP contribution >= 0.6 is 0 Å². The molecule has 0 unspecified atom stereocenters. The van der Waals surface area contributed by atoms with Gasteiger partial charge in [-0.1, -0.05) is 49.8 Å². The molecule has 2 rings (SSSR count). The maximum Gasteiger partial charge on any atom is 0.417 e. The molecule has 0 N–H and O–H groups in total. The van der Waals surface area contributed by atoms with Crippen LogP contribution in [-0.4, -0.2) is 23.5 Å². The number of amides is 2. The summed E-state index contributed by atoms with van der Waals surface area (Å²) in [5.41, 5.74) is 0.908. The van der Waals surface area contributed by atoms with Crippen molar-refractivity contribution < 1.29 is 14.3 Å². The number of hydrogen-bond donors (Lipinski definition) is 0. The zero-order chi connectivity index (χ0) is 13.7. The zero-order valence-corrected chi connectivity index (χ0v) is 10.9. The normalized spacial score (nSPS) is 18.9. The van der Waals surface area contributed by atoms with E-state index in [9.17, 15) is 9.59 Å². The molecule has 100 valence electrons. The average Bonchev–Trinajstić information content (AvgIpc) is 2.82. The fourth-order valence-electron chi connectivity index (χ4n) is 2.02. The largest absolute Gasteiger partial charge is 0.446 e. The lowest BCUT2D eigenvalue weighted by atomic mass is 10.1. The highest BCUT2D eigenvalue weighted by atomic mass is 16.6. The second kappa shape index (κ2) is 6.18. The maximum atomic E-state index is 12.1. The molecule has 0 aromatic heterocycles. The minimum atomic E-state index is -0.569. The Morgan fingerprint density at radius 2 is 2.16 bits per heavy atom. The van der Waals surface area contributed by atoms with Crippen molar-refractivity contribution in [2.24, 2.45) is 0 Å². The van der Waals surface area contributed by atoms with E-state index >= 15 is 0 Å².